The molecule has 1 aromatic heterocycles. The van der Waals surface area contributed by atoms with Gasteiger partial charge in [0.15, 0.2) is 0 Å². The largest absolute Gasteiger partial charge is 0.481 e. The van der Waals surface area contributed by atoms with E-state index < -0.39 is 5.97 Å². The molecule has 1 aromatic rings. The molecule has 82 valence electrons. The van der Waals surface area contributed by atoms with Gasteiger partial charge >= 0.3 is 5.97 Å². The molecule has 4 heteroatoms. The molecule has 0 bridgehead atoms. The van der Waals surface area contributed by atoms with Gasteiger partial charge in [-0.1, -0.05) is 6.92 Å². The summed E-state index contributed by atoms with van der Waals surface area (Å²) >= 11 is 0. The molecule has 0 radical (unpaired) electrons. The molecule has 1 aliphatic carbocycles. The summed E-state index contributed by atoms with van der Waals surface area (Å²) in [5.74, 6) is -0.614. The van der Waals surface area contributed by atoms with E-state index in [4.69, 9.17) is 5.11 Å². The zero-order valence-corrected chi connectivity index (χ0v) is 8.92. The number of hydrogen-bond acceptors (Lipinski definition) is 2. The fraction of sp³-hybridized carbons (Fsp3) is 0.636. The first kappa shape index (κ1) is 10.2. The smallest absolute Gasteiger partial charge is 0.304 e. The Bertz CT molecular complexity index is 371. The normalized spacial score (nSPS) is 19.9. The van der Waals surface area contributed by atoms with Crippen LogP contribution in [0.25, 0.3) is 0 Å². The fourth-order valence-electron chi connectivity index (χ4n) is 2.40. The Kier molecular flexibility index (Phi) is 2.75. The second-order valence-corrected chi connectivity index (χ2v) is 4.11. The number of carboxylic acid groups (broad SMARTS) is 1. The topological polar surface area (TPSA) is 66.0 Å². The molecule has 1 aliphatic rings. The monoisotopic (exact) mass is 208 g/mol. The standard InChI is InChI=1S/C11H16N2O2/c1-2-9-8-5-3-4-7(6-10(14)15)11(8)13-12-9/h7H,2-6H2,1H3,(H,12,13)(H,14,15). The van der Waals surface area contributed by atoms with Crippen LogP contribution in [0, 0.1) is 0 Å². The number of hydrogen-bond donors (Lipinski definition) is 2. The van der Waals surface area contributed by atoms with Gasteiger partial charge in [-0.2, -0.15) is 5.10 Å². The molecule has 1 atom stereocenters. The van der Waals surface area contributed by atoms with Gasteiger partial charge in [0, 0.05) is 11.6 Å². The third-order valence-corrected chi connectivity index (χ3v) is 3.13. The minimum absolute atomic E-state index is 0.114. The lowest BCUT2D eigenvalue weighted by Gasteiger charge is -2.19. The Morgan fingerprint density at radius 3 is 3.13 bits per heavy atom. The molecule has 4 nitrogen and oxygen atoms in total. The summed E-state index contributed by atoms with van der Waals surface area (Å²) in [6.45, 7) is 2.09. The maximum atomic E-state index is 10.7. The van der Waals surface area contributed by atoms with Crippen LogP contribution >= 0.6 is 0 Å². The van der Waals surface area contributed by atoms with Crippen LogP contribution in [-0.4, -0.2) is 21.3 Å². The van der Waals surface area contributed by atoms with E-state index in [1.54, 1.807) is 0 Å². The van der Waals surface area contributed by atoms with Crippen molar-refractivity contribution in [2.24, 2.45) is 0 Å². The van der Waals surface area contributed by atoms with Crippen molar-refractivity contribution in [1.82, 2.24) is 10.2 Å². The Hall–Kier alpha value is -1.32. The van der Waals surface area contributed by atoms with Crippen molar-refractivity contribution in [2.75, 3.05) is 0 Å². The number of aromatic amines is 1. The van der Waals surface area contributed by atoms with E-state index >= 15 is 0 Å². The van der Waals surface area contributed by atoms with Crippen LogP contribution in [-0.2, 0) is 17.6 Å². The van der Waals surface area contributed by atoms with Crippen molar-refractivity contribution in [3.8, 4) is 0 Å². The second-order valence-electron chi connectivity index (χ2n) is 4.11. The molecule has 0 amide bonds. The minimum Gasteiger partial charge on any atom is -0.481 e. The van der Waals surface area contributed by atoms with Gasteiger partial charge in [0.1, 0.15) is 0 Å². The van der Waals surface area contributed by atoms with Crippen LogP contribution in [0.5, 0.6) is 0 Å². The summed E-state index contributed by atoms with van der Waals surface area (Å²) in [5.41, 5.74) is 3.45. The van der Waals surface area contributed by atoms with Crippen LogP contribution < -0.4 is 0 Å². The number of aryl methyl sites for hydroxylation is 1. The van der Waals surface area contributed by atoms with E-state index in [0.29, 0.717) is 0 Å². The molecule has 2 N–H and O–H groups in total. The Labute approximate surface area is 88.7 Å². The van der Waals surface area contributed by atoms with E-state index in [9.17, 15) is 4.79 Å². The summed E-state index contributed by atoms with van der Waals surface area (Å²) in [5, 5.41) is 16.1. The molecule has 0 saturated heterocycles. The van der Waals surface area contributed by atoms with Crippen LogP contribution in [0.2, 0.25) is 0 Å². The van der Waals surface area contributed by atoms with Gasteiger partial charge in [0.2, 0.25) is 0 Å². The number of carboxylic acids is 1. The summed E-state index contributed by atoms with van der Waals surface area (Å²) < 4.78 is 0. The number of nitrogens with zero attached hydrogens (tertiary/aromatic N) is 1. The summed E-state index contributed by atoms with van der Waals surface area (Å²) in [4.78, 5) is 10.7. The summed E-state index contributed by atoms with van der Waals surface area (Å²) in [6, 6.07) is 0. The zero-order valence-electron chi connectivity index (χ0n) is 8.92. The van der Waals surface area contributed by atoms with E-state index in [1.807, 2.05) is 0 Å². The third kappa shape index (κ3) is 1.89. The van der Waals surface area contributed by atoms with Crippen molar-refractivity contribution in [3.05, 3.63) is 17.0 Å². The summed E-state index contributed by atoms with van der Waals surface area (Å²) in [6.07, 6.45) is 4.24. The predicted molar refractivity (Wildman–Crippen MR) is 55.9 cm³/mol. The maximum absolute atomic E-state index is 10.7. The van der Waals surface area contributed by atoms with Crippen LogP contribution in [0.1, 0.15) is 49.1 Å². The third-order valence-electron chi connectivity index (χ3n) is 3.13. The molecule has 0 aromatic carbocycles. The molecule has 2 rings (SSSR count). The van der Waals surface area contributed by atoms with Crippen LogP contribution in [0.4, 0.5) is 0 Å². The average Bonchev–Trinajstić information content (AvgIpc) is 2.61. The molecule has 15 heavy (non-hydrogen) atoms. The minimum atomic E-state index is -0.728. The number of carbonyl (C=O) groups is 1. The van der Waals surface area contributed by atoms with Gasteiger partial charge in [-0.15, -0.1) is 0 Å². The number of nitrogens with one attached hydrogen (secondary N) is 1. The van der Waals surface area contributed by atoms with Crippen molar-refractivity contribution >= 4 is 5.97 Å². The molecule has 1 unspecified atom stereocenters. The van der Waals surface area contributed by atoms with E-state index in [2.05, 4.69) is 17.1 Å². The van der Waals surface area contributed by atoms with E-state index in [0.717, 1.165) is 31.4 Å². The molecular formula is C11H16N2O2. The number of H-pyrrole nitrogens is 1. The first-order chi connectivity index (χ1) is 7.22. The fourth-order valence-corrected chi connectivity index (χ4v) is 2.40. The average molecular weight is 208 g/mol. The highest BCUT2D eigenvalue weighted by Crippen LogP contribution is 2.34. The highest BCUT2D eigenvalue weighted by molar-refractivity contribution is 5.68. The van der Waals surface area contributed by atoms with Gasteiger partial charge in [-0.05, 0) is 31.2 Å². The molecular weight excluding hydrogens is 192 g/mol. The molecule has 0 fully saturated rings. The first-order valence-corrected chi connectivity index (χ1v) is 5.50. The highest BCUT2D eigenvalue weighted by Gasteiger charge is 2.26. The number of aliphatic carboxylic acids is 1. The Morgan fingerprint density at radius 1 is 1.67 bits per heavy atom. The first-order valence-electron chi connectivity index (χ1n) is 5.50. The summed E-state index contributed by atoms with van der Waals surface area (Å²) in [7, 11) is 0. The maximum Gasteiger partial charge on any atom is 0.304 e. The number of fused-ring (bicyclic) bond motifs is 1. The van der Waals surface area contributed by atoms with Crippen molar-refractivity contribution in [3.63, 3.8) is 0 Å². The molecule has 0 spiro atoms. The quantitative estimate of drug-likeness (QED) is 0.796. The number of rotatable bonds is 3. The van der Waals surface area contributed by atoms with Crippen molar-refractivity contribution in [2.45, 2.75) is 44.9 Å². The number of aromatic nitrogens is 2. The Morgan fingerprint density at radius 2 is 2.47 bits per heavy atom. The van der Waals surface area contributed by atoms with Gasteiger partial charge in [0.25, 0.3) is 0 Å². The molecule has 0 aliphatic heterocycles. The second kappa shape index (κ2) is 4.04. The van der Waals surface area contributed by atoms with Gasteiger partial charge in [-0.25, -0.2) is 0 Å². The molecule has 0 saturated carbocycles. The highest BCUT2D eigenvalue weighted by atomic mass is 16.4. The lowest BCUT2D eigenvalue weighted by molar-refractivity contribution is -0.137. The lowest BCUT2D eigenvalue weighted by Crippen LogP contribution is -2.13. The van der Waals surface area contributed by atoms with Crippen LogP contribution in [0.3, 0.4) is 0 Å². The Balaban J connectivity index is 2.26. The SMILES string of the molecule is CCc1[nH]nc2c1CCCC2CC(=O)O. The van der Waals surface area contributed by atoms with Crippen molar-refractivity contribution < 1.29 is 9.90 Å². The zero-order chi connectivity index (χ0) is 10.8. The lowest BCUT2D eigenvalue weighted by atomic mass is 9.84. The predicted octanol–water partition coefficient (Wildman–Crippen LogP) is 1.87. The van der Waals surface area contributed by atoms with E-state index in [1.165, 1.54) is 11.3 Å². The molecule has 1 heterocycles. The van der Waals surface area contributed by atoms with Gasteiger partial charge in [0.05, 0.1) is 12.1 Å². The van der Waals surface area contributed by atoms with Gasteiger partial charge < -0.3 is 5.11 Å². The van der Waals surface area contributed by atoms with Crippen LogP contribution in [0.15, 0.2) is 0 Å². The van der Waals surface area contributed by atoms with E-state index in [-0.39, 0.29) is 12.3 Å². The van der Waals surface area contributed by atoms with Crippen molar-refractivity contribution in [1.29, 1.82) is 0 Å². The van der Waals surface area contributed by atoms with Gasteiger partial charge in [-0.3, -0.25) is 9.89 Å².